The fourth-order valence-electron chi connectivity index (χ4n) is 3.87. The van der Waals surface area contributed by atoms with Crippen molar-refractivity contribution in [3.05, 3.63) is 98.2 Å². The molecule has 0 saturated carbocycles. The van der Waals surface area contributed by atoms with Crippen molar-refractivity contribution in [3.63, 3.8) is 0 Å². The van der Waals surface area contributed by atoms with Gasteiger partial charge in [-0.1, -0.05) is 0 Å². The Labute approximate surface area is 204 Å². The summed E-state index contributed by atoms with van der Waals surface area (Å²) >= 11 is 0. The van der Waals surface area contributed by atoms with Gasteiger partial charge in [-0.25, -0.2) is 0 Å². The highest BCUT2D eigenvalue weighted by molar-refractivity contribution is 5.65. The van der Waals surface area contributed by atoms with E-state index in [-0.39, 0.29) is 23.3 Å². The van der Waals surface area contributed by atoms with Crippen LogP contribution >= 0.6 is 0 Å². The van der Waals surface area contributed by atoms with Crippen LogP contribution in [0.1, 0.15) is 0 Å². The summed E-state index contributed by atoms with van der Waals surface area (Å²) in [5, 5.41) is 35.4. The van der Waals surface area contributed by atoms with Crippen LogP contribution in [-0.2, 0) is 0 Å². The van der Waals surface area contributed by atoms with Gasteiger partial charge in [0.2, 0.25) is 24.2 Å². The Morgan fingerprint density at radius 3 is 1.33 bits per heavy atom. The van der Waals surface area contributed by atoms with E-state index < -0.39 is 0 Å². The third-order valence-electron chi connectivity index (χ3n) is 5.73. The molecular formula is C26H18N6O4+2. The fraction of sp³-hybridized carbons (Fsp3) is 0. The number of hydrogen-bond donors (Lipinski definition) is 2. The van der Waals surface area contributed by atoms with Gasteiger partial charge in [0.15, 0.2) is 24.8 Å². The predicted octanol–water partition coefficient (Wildman–Crippen LogP) is 3.42. The molecule has 0 aliphatic carbocycles. The number of rotatable bonds is 5. The standard InChI is InChI=1S/C26H16N6O4/c33-23-3-1-19(13-21(23)25-29-27-15-35-25)31-9-5-17(6-10-31)18-7-11-32(12-8-18)20-2-4-24(34)22(14-20)26-30-28-16-36-26/h1-16H/p+2. The van der Waals surface area contributed by atoms with E-state index in [1.807, 2.05) is 58.2 Å². The van der Waals surface area contributed by atoms with Gasteiger partial charge in [0.25, 0.3) is 11.8 Å². The van der Waals surface area contributed by atoms with Crippen molar-refractivity contribution < 1.29 is 28.2 Å². The molecule has 0 bridgehead atoms. The second kappa shape index (κ2) is 8.76. The van der Waals surface area contributed by atoms with Crippen LogP contribution in [0.2, 0.25) is 0 Å². The molecule has 10 nitrogen and oxygen atoms in total. The summed E-state index contributed by atoms with van der Waals surface area (Å²) in [7, 11) is 0. The Bertz CT molecular complexity index is 1510. The molecule has 6 rings (SSSR count). The highest BCUT2D eigenvalue weighted by Crippen LogP contribution is 2.29. The maximum atomic E-state index is 10.2. The molecule has 10 heteroatoms. The molecule has 174 valence electrons. The van der Waals surface area contributed by atoms with Crippen LogP contribution in [0.15, 0.2) is 107 Å². The van der Waals surface area contributed by atoms with E-state index in [2.05, 4.69) is 20.4 Å². The van der Waals surface area contributed by atoms with Crippen molar-refractivity contribution in [2.24, 2.45) is 0 Å². The molecule has 2 N–H and O–H groups in total. The van der Waals surface area contributed by atoms with Gasteiger partial charge in [-0.05, 0) is 23.3 Å². The lowest BCUT2D eigenvalue weighted by molar-refractivity contribution is -0.596. The van der Waals surface area contributed by atoms with E-state index >= 15 is 0 Å². The van der Waals surface area contributed by atoms with E-state index in [1.165, 1.54) is 12.8 Å². The Morgan fingerprint density at radius 2 is 0.972 bits per heavy atom. The zero-order chi connectivity index (χ0) is 24.5. The lowest BCUT2D eigenvalue weighted by Crippen LogP contribution is -2.29. The van der Waals surface area contributed by atoms with Crippen molar-refractivity contribution in [1.82, 2.24) is 20.4 Å². The molecular weight excluding hydrogens is 460 g/mol. The molecule has 4 heterocycles. The fourth-order valence-corrected chi connectivity index (χ4v) is 3.87. The largest absolute Gasteiger partial charge is 0.507 e. The molecule has 0 atom stereocenters. The summed E-state index contributed by atoms with van der Waals surface area (Å²) in [6, 6.07) is 18.4. The van der Waals surface area contributed by atoms with Crippen LogP contribution in [0, 0.1) is 0 Å². The Hall–Kier alpha value is -5.38. The van der Waals surface area contributed by atoms with Crippen molar-refractivity contribution in [2.45, 2.75) is 0 Å². The summed E-state index contributed by atoms with van der Waals surface area (Å²) in [6.07, 6.45) is 10.2. The highest BCUT2D eigenvalue weighted by atomic mass is 16.4. The van der Waals surface area contributed by atoms with Crippen LogP contribution in [-0.4, -0.2) is 30.6 Å². The van der Waals surface area contributed by atoms with Crippen LogP contribution in [0.4, 0.5) is 0 Å². The summed E-state index contributed by atoms with van der Waals surface area (Å²) in [6.45, 7) is 0. The molecule has 0 saturated heterocycles. The zero-order valence-electron chi connectivity index (χ0n) is 18.6. The minimum absolute atomic E-state index is 0.0654. The Kier molecular flexibility index (Phi) is 5.15. The van der Waals surface area contributed by atoms with E-state index in [0.717, 1.165) is 22.5 Å². The molecule has 0 aliphatic heterocycles. The van der Waals surface area contributed by atoms with Gasteiger partial charge in [-0.15, -0.1) is 20.4 Å². The molecule has 0 radical (unpaired) electrons. The van der Waals surface area contributed by atoms with E-state index in [1.54, 1.807) is 36.4 Å². The number of benzene rings is 2. The Balaban J connectivity index is 1.25. The average Bonchev–Trinajstić information content (AvgIpc) is 3.65. The third kappa shape index (κ3) is 3.92. The van der Waals surface area contributed by atoms with Crippen LogP contribution in [0.25, 0.3) is 45.4 Å². The van der Waals surface area contributed by atoms with Gasteiger partial charge in [-0.2, -0.15) is 9.13 Å². The van der Waals surface area contributed by atoms with Gasteiger partial charge in [0.05, 0.1) is 11.1 Å². The molecule has 6 aromatic rings. The lowest BCUT2D eigenvalue weighted by Gasteiger charge is -2.04. The summed E-state index contributed by atoms with van der Waals surface area (Å²) < 4.78 is 14.3. The lowest BCUT2D eigenvalue weighted by atomic mass is 10.1. The summed E-state index contributed by atoms with van der Waals surface area (Å²) in [4.78, 5) is 0. The summed E-state index contributed by atoms with van der Waals surface area (Å²) in [5.41, 5.74) is 4.67. The maximum Gasteiger partial charge on any atom is 0.251 e. The molecule has 0 spiro atoms. The number of pyridine rings is 2. The molecule has 4 aromatic heterocycles. The number of aromatic nitrogens is 6. The minimum Gasteiger partial charge on any atom is -0.507 e. The molecule has 0 aliphatic rings. The smallest absolute Gasteiger partial charge is 0.251 e. The van der Waals surface area contributed by atoms with Crippen molar-refractivity contribution >= 4 is 0 Å². The van der Waals surface area contributed by atoms with E-state index in [0.29, 0.717) is 11.1 Å². The van der Waals surface area contributed by atoms with Crippen molar-refractivity contribution in [3.8, 4) is 56.9 Å². The average molecular weight is 478 g/mol. The second-order valence-corrected chi connectivity index (χ2v) is 7.88. The predicted molar refractivity (Wildman–Crippen MR) is 125 cm³/mol. The van der Waals surface area contributed by atoms with Gasteiger partial charge in [-0.3, -0.25) is 0 Å². The van der Waals surface area contributed by atoms with E-state index in [4.69, 9.17) is 8.83 Å². The van der Waals surface area contributed by atoms with Crippen LogP contribution < -0.4 is 9.13 Å². The first-order chi connectivity index (χ1) is 17.7. The first kappa shape index (κ1) is 21.2. The van der Waals surface area contributed by atoms with Gasteiger partial charge in [0.1, 0.15) is 11.5 Å². The van der Waals surface area contributed by atoms with Gasteiger partial charge >= 0.3 is 0 Å². The molecule has 0 unspecified atom stereocenters. The van der Waals surface area contributed by atoms with Crippen LogP contribution in [0.3, 0.4) is 0 Å². The number of nitrogens with zero attached hydrogens (tertiary/aromatic N) is 6. The monoisotopic (exact) mass is 478 g/mol. The van der Waals surface area contributed by atoms with Gasteiger partial charge in [0, 0.05) is 48.5 Å². The normalized spacial score (nSPS) is 11.0. The molecule has 0 fully saturated rings. The van der Waals surface area contributed by atoms with Crippen LogP contribution in [0.5, 0.6) is 11.5 Å². The third-order valence-corrected chi connectivity index (χ3v) is 5.73. The second-order valence-electron chi connectivity index (χ2n) is 7.88. The quantitative estimate of drug-likeness (QED) is 0.361. The zero-order valence-corrected chi connectivity index (χ0v) is 18.6. The number of aromatic hydroxyl groups is 2. The van der Waals surface area contributed by atoms with Gasteiger partial charge < -0.3 is 19.0 Å². The summed E-state index contributed by atoms with van der Waals surface area (Å²) in [5.74, 6) is 0.635. The molecule has 0 amide bonds. The topological polar surface area (TPSA) is 126 Å². The number of hydrogen-bond acceptors (Lipinski definition) is 8. The molecule has 36 heavy (non-hydrogen) atoms. The minimum atomic E-state index is 0.0654. The highest BCUT2D eigenvalue weighted by Gasteiger charge is 2.17. The Morgan fingerprint density at radius 1 is 0.556 bits per heavy atom. The first-order valence-corrected chi connectivity index (χ1v) is 10.9. The first-order valence-electron chi connectivity index (χ1n) is 10.9. The van der Waals surface area contributed by atoms with Crippen molar-refractivity contribution in [1.29, 1.82) is 0 Å². The number of phenols is 2. The van der Waals surface area contributed by atoms with E-state index in [9.17, 15) is 10.2 Å². The van der Waals surface area contributed by atoms with Crippen molar-refractivity contribution in [2.75, 3.05) is 0 Å². The SMILES string of the molecule is Oc1ccc(-[n+]2ccc(-c3cc[n+](-c4ccc(O)c(-c5nnco5)c4)cc3)cc2)cc1-c1nnco1. The maximum absolute atomic E-state index is 10.2. The molecule has 2 aromatic carbocycles. The number of phenolic OH excluding ortho intramolecular Hbond substituents is 2.